The third-order valence-electron chi connectivity index (χ3n) is 2.74. The van der Waals surface area contributed by atoms with Gasteiger partial charge in [0, 0.05) is 28.5 Å². The smallest absolute Gasteiger partial charge is 0.258 e. The highest BCUT2D eigenvalue weighted by Crippen LogP contribution is 2.22. The second-order valence-electron chi connectivity index (χ2n) is 4.08. The van der Waals surface area contributed by atoms with Crippen molar-refractivity contribution in [1.29, 1.82) is 0 Å². The normalized spacial score (nSPS) is 10.3. The standard InChI is InChI=1S/C14H12BrFN2O/c1-18(11-4-2-3-10(16)8-11)14(19)9-5-6-12(15)13(17)7-9/h2-8H,17H2,1H3. The van der Waals surface area contributed by atoms with E-state index in [1.165, 1.54) is 17.0 Å². The number of anilines is 2. The predicted octanol–water partition coefficient (Wildman–Crippen LogP) is 3.45. The van der Waals surface area contributed by atoms with Crippen LogP contribution in [0, 0.1) is 5.82 Å². The molecular weight excluding hydrogens is 311 g/mol. The number of nitrogen functional groups attached to an aromatic ring is 1. The van der Waals surface area contributed by atoms with E-state index in [1.54, 1.807) is 37.4 Å². The van der Waals surface area contributed by atoms with Crippen LogP contribution in [0.2, 0.25) is 0 Å². The van der Waals surface area contributed by atoms with Crippen molar-refractivity contribution in [2.75, 3.05) is 17.7 Å². The molecular formula is C14H12BrFN2O. The maximum Gasteiger partial charge on any atom is 0.258 e. The number of nitrogens with two attached hydrogens (primary N) is 1. The maximum atomic E-state index is 13.1. The molecule has 98 valence electrons. The lowest BCUT2D eigenvalue weighted by Gasteiger charge is -2.17. The third-order valence-corrected chi connectivity index (χ3v) is 3.47. The summed E-state index contributed by atoms with van der Waals surface area (Å²) in [5.74, 6) is -0.628. The first kappa shape index (κ1) is 13.5. The second-order valence-corrected chi connectivity index (χ2v) is 4.93. The fourth-order valence-corrected chi connectivity index (χ4v) is 1.92. The van der Waals surface area contributed by atoms with Gasteiger partial charge >= 0.3 is 0 Å². The number of carbonyl (C=O) groups is 1. The highest BCUT2D eigenvalue weighted by atomic mass is 79.9. The molecule has 0 aliphatic carbocycles. The summed E-state index contributed by atoms with van der Waals surface area (Å²) in [7, 11) is 1.59. The largest absolute Gasteiger partial charge is 0.398 e. The van der Waals surface area contributed by atoms with E-state index in [0.717, 1.165) is 4.47 Å². The summed E-state index contributed by atoms with van der Waals surface area (Å²) in [6, 6.07) is 10.8. The first-order valence-electron chi connectivity index (χ1n) is 5.57. The minimum absolute atomic E-state index is 0.246. The van der Waals surface area contributed by atoms with E-state index in [1.807, 2.05) is 0 Å². The Morgan fingerprint density at radius 1 is 1.26 bits per heavy atom. The SMILES string of the molecule is CN(C(=O)c1ccc(Br)c(N)c1)c1cccc(F)c1. The Bertz CT molecular complexity index is 631. The summed E-state index contributed by atoms with van der Waals surface area (Å²) in [5, 5.41) is 0. The van der Waals surface area contributed by atoms with Gasteiger partial charge in [0.2, 0.25) is 0 Å². The first-order valence-corrected chi connectivity index (χ1v) is 6.37. The van der Waals surface area contributed by atoms with Crippen LogP contribution in [0.25, 0.3) is 0 Å². The summed E-state index contributed by atoms with van der Waals surface area (Å²) in [5.41, 5.74) is 7.17. The Labute approximate surface area is 119 Å². The van der Waals surface area contributed by atoms with Gasteiger partial charge in [0.05, 0.1) is 0 Å². The number of nitrogens with zero attached hydrogens (tertiary/aromatic N) is 1. The van der Waals surface area contributed by atoms with E-state index in [-0.39, 0.29) is 11.7 Å². The van der Waals surface area contributed by atoms with E-state index in [0.29, 0.717) is 16.9 Å². The van der Waals surface area contributed by atoms with Crippen molar-refractivity contribution < 1.29 is 9.18 Å². The van der Waals surface area contributed by atoms with E-state index in [4.69, 9.17) is 5.73 Å². The monoisotopic (exact) mass is 322 g/mol. The number of hydrogen-bond acceptors (Lipinski definition) is 2. The van der Waals surface area contributed by atoms with E-state index >= 15 is 0 Å². The van der Waals surface area contributed by atoms with Crippen LogP contribution < -0.4 is 10.6 Å². The van der Waals surface area contributed by atoms with Crippen molar-refractivity contribution in [3.8, 4) is 0 Å². The van der Waals surface area contributed by atoms with Gasteiger partial charge in [-0.2, -0.15) is 0 Å². The second kappa shape index (κ2) is 5.40. The lowest BCUT2D eigenvalue weighted by atomic mass is 10.1. The average molecular weight is 323 g/mol. The first-order chi connectivity index (χ1) is 8.99. The number of amides is 1. The van der Waals surface area contributed by atoms with Crippen LogP contribution in [-0.2, 0) is 0 Å². The van der Waals surface area contributed by atoms with Crippen LogP contribution in [0.4, 0.5) is 15.8 Å². The Morgan fingerprint density at radius 2 is 2.00 bits per heavy atom. The van der Waals surface area contributed by atoms with Crippen molar-refractivity contribution in [2.45, 2.75) is 0 Å². The van der Waals surface area contributed by atoms with Gasteiger partial charge < -0.3 is 10.6 Å². The van der Waals surface area contributed by atoms with Crippen molar-refractivity contribution >= 4 is 33.2 Å². The predicted molar refractivity (Wildman–Crippen MR) is 77.7 cm³/mol. The summed E-state index contributed by atoms with van der Waals surface area (Å²) in [6.07, 6.45) is 0. The quantitative estimate of drug-likeness (QED) is 0.861. The topological polar surface area (TPSA) is 46.3 Å². The summed E-state index contributed by atoms with van der Waals surface area (Å²) in [6.45, 7) is 0. The molecule has 2 rings (SSSR count). The average Bonchev–Trinajstić information content (AvgIpc) is 2.40. The molecule has 0 aliphatic heterocycles. The number of benzene rings is 2. The fourth-order valence-electron chi connectivity index (χ4n) is 1.67. The van der Waals surface area contributed by atoms with E-state index in [9.17, 15) is 9.18 Å². The lowest BCUT2D eigenvalue weighted by molar-refractivity contribution is 0.0993. The Kier molecular flexibility index (Phi) is 3.85. The zero-order valence-electron chi connectivity index (χ0n) is 10.2. The summed E-state index contributed by atoms with van der Waals surface area (Å²) < 4.78 is 13.9. The van der Waals surface area contributed by atoms with Crippen LogP contribution in [0.5, 0.6) is 0 Å². The molecule has 0 saturated heterocycles. The molecule has 0 saturated carbocycles. The molecule has 1 amide bonds. The van der Waals surface area contributed by atoms with Gasteiger partial charge in [-0.3, -0.25) is 4.79 Å². The molecule has 0 aliphatic rings. The Hall–Kier alpha value is -1.88. The molecule has 0 unspecified atom stereocenters. The van der Waals surface area contributed by atoms with Gasteiger partial charge in [-0.15, -0.1) is 0 Å². The minimum atomic E-state index is -0.382. The van der Waals surface area contributed by atoms with Crippen LogP contribution in [-0.4, -0.2) is 13.0 Å². The van der Waals surface area contributed by atoms with Gasteiger partial charge in [-0.25, -0.2) is 4.39 Å². The van der Waals surface area contributed by atoms with Gasteiger partial charge in [0.1, 0.15) is 5.82 Å². The van der Waals surface area contributed by atoms with Gasteiger partial charge in [0.25, 0.3) is 5.91 Å². The molecule has 19 heavy (non-hydrogen) atoms. The van der Waals surface area contributed by atoms with Crippen molar-refractivity contribution in [2.24, 2.45) is 0 Å². The van der Waals surface area contributed by atoms with Gasteiger partial charge in [-0.1, -0.05) is 6.07 Å². The number of carbonyl (C=O) groups excluding carboxylic acids is 1. The highest BCUT2D eigenvalue weighted by molar-refractivity contribution is 9.10. The van der Waals surface area contributed by atoms with Crippen LogP contribution in [0.15, 0.2) is 46.9 Å². The summed E-state index contributed by atoms with van der Waals surface area (Å²) >= 11 is 3.27. The van der Waals surface area contributed by atoms with Gasteiger partial charge in [0.15, 0.2) is 0 Å². The molecule has 0 spiro atoms. The molecule has 2 N–H and O–H groups in total. The zero-order chi connectivity index (χ0) is 14.0. The molecule has 3 nitrogen and oxygen atoms in total. The molecule has 0 bridgehead atoms. The van der Waals surface area contributed by atoms with Crippen molar-refractivity contribution in [1.82, 2.24) is 0 Å². The van der Waals surface area contributed by atoms with Crippen molar-refractivity contribution in [3.63, 3.8) is 0 Å². The number of halogens is 2. The Balaban J connectivity index is 2.30. The van der Waals surface area contributed by atoms with Gasteiger partial charge in [-0.05, 0) is 52.3 Å². The van der Waals surface area contributed by atoms with Crippen LogP contribution in [0.1, 0.15) is 10.4 Å². The maximum absolute atomic E-state index is 13.1. The molecule has 0 fully saturated rings. The fraction of sp³-hybridized carbons (Fsp3) is 0.0714. The highest BCUT2D eigenvalue weighted by Gasteiger charge is 2.14. The van der Waals surface area contributed by atoms with Crippen LogP contribution >= 0.6 is 15.9 Å². The minimum Gasteiger partial charge on any atom is -0.398 e. The summed E-state index contributed by atoms with van der Waals surface area (Å²) in [4.78, 5) is 13.6. The Morgan fingerprint density at radius 3 is 2.63 bits per heavy atom. The molecule has 2 aromatic carbocycles. The van der Waals surface area contributed by atoms with E-state index < -0.39 is 0 Å². The number of rotatable bonds is 2. The molecule has 2 aromatic rings. The lowest BCUT2D eigenvalue weighted by Crippen LogP contribution is -2.26. The van der Waals surface area contributed by atoms with Crippen molar-refractivity contribution in [3.05, 3.63) is 58.3 Å². The van der Waals surface area contributed by atoms with E-state index in [2.05, 4.69) is 15.9 Å². The third kappa shape index (κ3) is 2.93. The van der Waals surface area contributed by atoms with Crippen LogP contribution in [0.3, 0.4) is 0 Å². The molecule has 0 radical (unpaired) electrons. The molecule has 0 aromatic heterocycles. The zero-order valence-corrected chi connectivity index (χ0v) is 11.8. The molecule has 5 heteroatoms. The molecule has 0 atom stereocenters. The molecule has 0 heterocycles. The number of hydrogen-bond donors (Lipinski definition) is 1.